The van der Waals surface area contributed by atoms with E-state index >= 15 is 0 Å². The number of carboxylic acid groups (broad SMARTS) is 1. The molecule has 1 aromatic carbocycles. The molecule has 1 unspecified atom stereocenters. The van der Waals surface area contributed by atoms with Crippen molar-refractivity contribution in [2.75, 3.05) is 11.9 Å². The highest BCUT2D eigenvalue weighted by Gasteiger charge is 2.27. The zero-order valence-electron chi connectivity index (χ0n) is 9.47. The van der Waals surface area contributed by atoms with E-state index < -0.39 is 11.9 Å². The third-order valence-electron chi connectivity index (χ3n) is 2.73. The lowest BCUT2D eigenvalue weighted by atomic mass is 10.1. The number of amides is 2. The summed E-state index contributed by atoms with van der Waals surface area (Å²) >= 11 is 0. The van der Waals surface area contributed by atoms with Crippen LogP contribution >= 0.6 is 0 Å². The molecule has 1 fully saturated rings. The normalized spacial score (nSPS) is 18.2. The van der Waals surface area contributed by atoms with Crippen LogP contribution in [0, 0.1) is 5.92 Å². The highest BCUT2D eigenvalue weighted by atomic mass is 16.4. The van der Waals surface area contributed by atoms with Crippen LogP contribution in [-0.4, -0.2) is 29.4 Å². The molecule has 1 aromatic rings. The number of benzene rings is 1. The molecule has 0 bridgehead atoms. The van der Waals surface area contributed by atoms with Gasteiger partial charge in [-0.1, -0.05) is 6.07 Å². The quantitative estimate of drug-likeness (QED) is 0.724. The van der Waals surface area contributed by atoms with Crippen LogP contribution in [0.25, 0.3) is 0 Å². The summed E-state index contributed by atoms with van der Waals surface area (Å²) in [6, 6.07) is 5.98. The van der Waals surface area contributed by atoms with Crippen LogP contribution in [0.3, 0.4) is 0 Å². The lowest BCUT2D eigenvalue weighted by Crippen LogP contribution is -2.24. The van der Waals surface area contributed by atoms with E-state index in [1.165, 1.54) is 12.1 Å². The highest BCUT2D eigenvalue weighted by molar-refractivity contribution is 5.98. The van der Waals surface area contributed by atoms with Crippen molar-refractivity contribution in [3.63, 3.8) is 0 Å². The van der Waals surface area contributed by atoms with E-state index in [4.69, 9.17) is 5.11 Å². The molecule has 18 heavy (non-hydrogen) atoms. The maximum Gasteiger partial charge on any atom is 0.335 e. The van der Waals surface area contributed by atoms with Crippen LogP contribution in [0.2, 0.25) is 0 Å². The van der Waals surface area contributed by atoms with Gasteiger partial charge in [0, 0.05) is 18.7 Å². The number of hydrogen-bond donors (Lipinski definition) is 3. The van der Waals surface area contributed by atoms with E-state index in [0.29, 0.717) is 12.2 Å². The predicted octanol–water partition coefficient (Wildman–Crippen LogP) is 0.459. The molecule has 0 saturated carbocycles. The molecule has 94 valence electrons. The van der Waals surface area contributed by atoms with Crippen molar-refractivity contribution in [1.29, 1.82) is 0 Å². The minimum Gasteiger partial charge on any atom is -0.478 e. The summed E-state index contributed by atoms with van der Waals surface area (Å²) < 4.78 is 0. The van der Waals surface area contributed by atoms with E-state index in [2.05, 4.69) is 10.6 Å². The van der Waals surface area contributed by atoms with Crippen LogP contribution in [0.5, 0.6) is 0 Å². The molecule has 1 aliphatic heterocycles. The average molecular weight is 248 g/mol. The van der Waals surface area contributed by atoms with Gasteiger partial charge in [-0.3, -0.25) is 9.59 Å². The zero-order chi connectivity index (χ0) is 13.1. The minimum absolute atomic E-state index is 0.105. The van der Waals surface area contributed by atoms with Crippen molar-refractivity contribution in [3.05, 3.63) is 29.8 Å². The molecule has 0 aromatic heterocycles. The lowest BCUT2D eigenvalue weighted by Gasteiger charge is -2.09. The maximum atomic E-state index is 11.8. The molecule has 2 amide bonds. The largest absolute Gasteiger partial charge is 0.478 e. The predicted molar refractivity (Wildman–Crippen MR) is 63.1 cm³/mol. The van der Waals surface area contributed by atoms with Crippen LogP contribution in [0.1, 0.15) is 16.8 Å². The Morgan fingerprint density at radius 1 is 1.39 bits per heavy atom. The molecular formula is C12H12N2O4. The van der Waals surface area contributed by atoms with Crippen molar-refractivity contribution < 1.29 is 19.5 Å². The van der Waals surface area contributed by atoms with Crippen molar-refractivity contribution in [2.45, 2.75) is 6.42 Å². The van der Waals surface area contributed by atoms with Crippen molar-refractivity contribution in [2.24, 2.45) is 5.92 Å². The number of nitrogens with one attached hydrogen (secondary N) is 2. The first-order valence-corrected chi connectivity index (χ1v) is 5.47. The van der Waals surface area contributed by atoms with Gasteiger partial charge in [0.05, 0.1) is 11.5 Å². The van der Waals surface area contributed by atoms with E-state index in [0.717, 1.165) is 0 Å². The second-order valence-electron chi connectivity index (χ2n) is 4.08. The van der Waals surface area contributed by atoms with Crippen LogP contribution < -0.4 is 10.6 Å². The topological polar surface area (TPSA) is 95.5 Å². The van der Waals surface area contributed by atoms with Gasteiger partial charge in [0.2, 0.25) is 11.8 Å². The van der Waals surface area contributed by atoms with E-state index in [1.54, 1.807) is 12.1 Å². The van der Waals surface area contributed by atoms with Gasteiger partial charge in [-0.25, -0.2) is 4.79 Å². The molecule has 0 aliphatic carbocycles. The highest BCUT2D eigenvalue weighted by Crippen LogP contribution is 2.15. The number of carboxylic acids is 1. The summed E-state index contributed by atoms with van der Waals surface area (Å²) in [4.78, 5) is 33.5. The second kappa shape index (κ2) is 4.87. The standard InChI is InChI=1S/C12H12N2O4/c15-10-5-8(6-13-10)11(16)14-9-3-1-2-7(4-9)12(17)18/h1-4,8H,5-6H2,(H,13,15)(H,14,16)(H,17,18). The molecular weight excluding hydrogens is 236 g/mol. The average Bonchev–Trinajstić information content (AvgIpc) is 2.76. The fraction of sp³-hybridized carbons (Fsp3) is 0.250. The lowest BCUT2D eigenvalue weighted by molar-refractivity contribution is -0.123. The molecule has 3 N–H and O–H groups in total. The monoisotopic (exact) mass is 248 g/mol. The Kier molecular flexibility index (Phi) is 3.27. The first-order chi connectivity index (χ1) is 8.56. The van der Waals surface area contributed by atoms with Gasteiger partial charge in [0.15, 0.2) is 0 Å². The van der Waals surface area contributed by atoms with Crippen LogP contribution in [0.15, 0.2) is 24.3 Å². The van der Waals surface area contributed by atoms with Crippen molar-refractivity contribution >= 4 is 23.5 Å². The van der Waals surface area contributed by atoms with Crippen LogP contribution in [-0.2, 0) is 9.59 Å². The number of rotatable bonds is 3. The van der Waals surface area contributed by atoms with Gasteiger partial charge in [-0.05, 0) is 18.2 Å². The molecule has 6 nitrogen and oxygen atoms in total. The smallest absolute Gasteiger partial charge is 0.335 e. The van der Waals surface area contributed by atoms with Gasteiger partial charge in [-0.15, -0.1) is 0 Å². The minimum atomic E-state index is -1.05. The Balaban J connectivity index is 2.05. The van der Waals surface area contributed by atoms with Crippen molar-refractivity contribution in [1.82, 2.24) is 5.32 Å². The first-order valence-electron chi connectivity index (χ1n) is 5.47. The van der Waals surface area contributed by atoms with Gasteiger partial charge >= 0.3 is 5.97 Å². The number of aromatic carboxylic acids is 1. The van der Waals surface area contributed by atoms with Crippen molar-refractivity contribution in [3.8, 4) is 0 Å². The molecule has 2 rings (SSSR count). The maximum absolute atomic E-state index is 11.8. The Labute approximate surface area is 103 Å². The third-order valence-corrected chi connectivity index (χ3v) is 2.73. The molecule has 1 aliphatic rings. The Bertz CT molecular complexity index is 513. The summed E-state index contributed by atoms with van der Waals surface area (Å²) in [6.45, 7) is 0.323. The van der Waals surface area contributed by atoms with Gasteiger partial charge in [0.25, 0.3) is 0 Å². The Morgan fingerprint density at radius 3 is 2.78 bits per heavy atom. The molecule has 1 saturated heterocycles. The van der Waals surface area contributed by atoms with E-state index in [9.17, 15) is 14.4 Å². The van der Waals surface area contributed by atoms with E-state index in [-0.39, 0.29) is 23.8 Å². The van der Waals surface area contributed by atoms with Gasteiger partial charge in [-0.2, -0.15) is 0 Å². The SMILES string of the molecule is O=C1CC(C(=O)Nc2cccc(C(=O)O)c2)CN1. The summed E-state index contributed by atoms with van der Waals surface area (Å²) in [7, 11) is 0. The van der Waals surface area contributed by atoms with Gasteiger partial charge < -0.3 is 15.7 Å². The summed E-state index contributed by atoms with van der Waals surface area (Å²) in [5, 5.41) is 14.0. The molecule has 1 atom stereocenters. The number of hydrogen-bond acceptors (Lipinski definition) is 3. The third kappa shape index (κ3) is 2.65. The fourth-order valence-corrected chi connectivity index (χ4v) is 1.76. The summed E-state index contributed by atoms with van der Waals surface area (Å²) in [5.74, 6) is -1.87. The second-order valence-corrected chi connectivity index (χ2v) is 4.08. The Hall–Kier alpha value is -2.37. The number of carbonyl (C=O) groups is 3. The number of carbonyl (C=O) groups excluding carboxylic acids is 2. The molecule has 0 radical (unpaired) electrons. The zero-order valence-corrected chi connectivity index (χ0v) is 9.47. The fourth-order valence-electron chi connectivity index (χ4n) is 1.76. The summed E-state index contributed by atoms with van der Waals surface area (Å²) in [5.41, 5.74) is 0.521. The Morgan fingerprint density at radius 2 is 2.17 bits per heavy atom. The van der Waals surface area contributed by atoms with Crippen LogP contribution in [0.4, 0.5) is 5.69 Å². The molecule has 6 heteroatoms. The molecule has 0 spiro atoms. The van der Waals surface area contributed by atoms with E-state index in [1.807, 2.05) is 0 Å². The van der Waals surface area contributed by atoms with Gasteiger partial charge in [0.1, 0.15) is 0 Å². The summed E-state index contributed by atoms with van der Waals surface area (Å²) in [6.07, 6.45) is 0.171. The molecule has 1 heterocycles. The first kappa shape index (κ1) is 12.1. The number of anilines is 1.